The third-order valence-corrected chi connectivity index (χ3v) is 9.91. The Morgan fingerprint density at radius 2 is 0.800 bits per heavy atom. The van der Waals surface area contributed by atoms with E-state index in [1.807, 2.05) is 6.07 Å². The minimum Gasteiger partial charge on any atom is -0.309 e. The van der Waals surface area contributed by atoms with E-state index in [0.29, 0.717) is 0 Å². The average Bonchev–Trinajstić information content (AvgIpc) is 3.71. The first-order valence-electron chi connectivity index (χ1n) is 17.1. The van der Waals surface area contributed by atoms with Crippen LogP contribution in [0.2, 0.25) is 0 Å². The second kappa shape index (κ2) is 11.5. The zero-order valence-corrected chi connectivity index (χ0v) is 27.2. The third kappa shape index (κ3) is 4.56. The number of benzene rings is 7. The smallest absolute Gasteiger partial charge is 0.0710 e. The fourth-order valence-corrected chi connectivity index (χ4v) is 7.61. The molecule has 3 heteroatoms. The number of rotatable bonds is 5. The van der Waals surface area contributed by atoms with Crippen molar-refractivity contribution in [1.29, 1.82) is 0 Å². The van der Waals surface area contributed by atoms with Crippen LogP contribution in [0.15, 0.2) is 188 Å². The summed E-state index contributed by atoms with van der Waals surface area (Å²) in [5, 5.41) is 4.98. The van der Waals surface area contributed by atoms with Crippen LogP contribution in [0.3, 0.4) is 0 Å². The third-order valence-electron chi connectivity index (χ3n) is 9.91. The van der Waals surface area contributed by atoms with E-state index in [0.717, 1.165) is 28.2 Å². The van der Waals surface area contributed by atoms with Gasteiger partial charge in [-0.25, -0.2) is 4.98 Å². The maximum Gasteiger partial charge on any atom is 0.0710 e. The van der Waals surface area contributed by atoms with Crippen LogP contribution < -0.4 is 0 Å². The highest BCUT2D eigenvalue weighted by Crippen LogP contribution is 2.38. The summed E-state index contributed by atoms with van der Waals surface area (Å²) in [5.41, 5.74) is 13.6. The van der Waals surface area contributed by atoms with Crippen LogP contribution in [-0.4, -0.2) is 14.1 Å². The van der Waals surface area contributed by atoms with E-state index >= 15 is 0 Å². The van der Waals surface area contributed by atoms with E-state index in [1.54, 1.807) is 0 Å². The molecule has 10 aromatic rings. The Balaban J connectivity index is 1.13. The molecule has 0 aliphatic carbocycles. The first kappa shape index (κ1) is 28.3. The fraction of sp³-hybridized carbons (Fsp3) is 0. The Morgan fingerprint density at radius 1 is 0.280 bits per heavy atom. The molecule has 0 unspecified atom stereocenters. The molecule has 0 atom stereocenters. The highest BCUT2D eigenvalue weighted by Gasteiger charge is 2.16. The normalized spacial score (nSPS) is 11.6. The van der Waals surface area contributed by atoms with Gasteiger partial charge in [0.1, 0.15) is 0 Å². The second-order valence-corrected chi connectivity index (χ2v) is 12.8. The fourth-order valence-electron chi connectivity index (χ4n) is 7.61. The SMILES string of the molecule is c1ccc(-c2cccc(-c3cccc(-n4c5ccccc5c5ccc(-c6ccc7c(c6)c6ccccc6n7-c6ccccc6)cc54)c3)n2)cc1. The lowest BCUT2D eigenvalue weighted by atomic mass is 10.0. The molecule has 0 spiro atoms. The molecule has 0 saturated carbocycles. The summed E-state index contributed by atoms with van der Waals surface area (Å²) in [6.45, 7) is 0. The van der Waals surface area contributed by atoms with E-state index < -0.39 is 0 Å². The van der Waals surface area contributed by atoms with Crippen molar-refractivity contribution >= 4 is 43.6 Å². The predicted octanol–water partition coefficient (Wildman–Crippen LogP) is 12.3. The van der Waals surface area contributed by atoms with Crippen molar-refractivity contribution in [2.75, 3.05) is 0 Å². The largest absolute Gasteiger partial charge is 0.309 e. The zero-order chi connectivity index (χ0) is 33.0. The molecule has 0 amide bonds. The molecule has 50 heavy (non-hydrogen) atoms. The Bertz CT molecular complexity index is 2860. The molecule has 234 valence electrons. The van der Waals surface area contributed by atoms with E-state index in [4.69, 9.17) is 4.98 Å². The quantitative estimate of drug-likeness (QED) is 0.184. The topological polar surface area (TPSA) is 22.8 Å². The van der Waals surface area contributed by atoms with Gasteiger partial charge in [0.25, 0.3) is 0 Å². The van der Waals surface area contributed by atoms with E-state index in [9.17, 15) is 0 Å². The molecule has 3 heterocycles. The van der Waals surface area contributed by atoms with Crippen LogP contribution in [0.1, 0.15) is 0 Å². The van der Waals surface area contributed by atoms with Crippen LogP contribution in [0.25, 0.3) is 88.6 Å². The molecule has 0 N–H and O–H groups in total. The number of aromatic nitrogens is 3. The van der Waals surface area contributed by atoms with Gasteiger partial charge in [-0.3, -0.25) is 0 Å². The first-order valence-corrected chi connectivity index (χ1v) is 17.1. The highest BCUT2D eigenvalue weighted by atomic mass is 15.0. The molecule has 0 aliphatic rings. The lowest BCUT2D eigenvalue weighted by Gasteiger charge is -2.12. The van der Waals surface area contributed by atoms with Gasteiger partial charge in [-0.2, -0.15) is 0 Å². The second-order valence-electron chi connectivity index (χ2n) is 12.8. The Hall–Kier alpha value is -6.71. The van der Waals surface area contributed by atoms with E-state index in [2.05, 4.69) is 191 Å². The highest BCUT2D eigenvalue weighted by molar-refractivity contribution is 6.12. The lowest BCUT2D eigenvalue weighted by molar-refractivity contribution is 1.18. The van der Waals surface area contributed by atoms with Crippen molar-refractivity contribution in [3.05, 3.63) is 188 Å². The summed E-state index contributed by atoms with van der Waals surface area (Å²) < 4.78 is 4.77. The minimum absolute atomic E-state index is 0.956. The van der Waals surface area contributed by atoms with Crippen LogP contribution in [0.5, 0.6) is 0 Å². The van der Waals surface area contributed by atoms with Gasteiger partial charge >= 0.3 is 0 Å². The molecular formula is C47H31N3. The summed E-state index contributed by atoms with van der Waals surface area (Å²) in [7, 11) is 0. The molecule has 0 radical (unpaired) electrons. The standard InChI is InChI=1S/C47H31N3/c1-3-13-32(14-4-1)42-21-12-22-43(48-42)35-15-11-18-37(29-35)50-44-23-9-7-19-38(44)40-27-25-34(31-47(40)50)33-26-28-46-41(30-33)39-20-8-10-24-45(39)49(46)36-16-5-2-6-17-36/h1-31H. The average molecular weight is 638 g/mol. The van der Waals surface area contributed by atoms with E-state index in [1.165, 1.54) is 60.4 Å². The van der Waals surface area contributed by atoms with Gasteiger partial charge in [-0.15, -0.1) is 0 Å². The Kier molecular flexibility index (Phi) is 6.49. The number of para-hydroxylation sites is 3. The summed E-state index contributed by atoms with van der Waals surface area (Å²) >= 11 is 0. The van der Waals surface area contributed by atoms with Crippen molar-refractivity contribution < 1.29 is 0 Å². The first-order chi connectivity index (χ1) is 24.8. The van der Waals surface area contributed by atoms with Crippen LogP contribution in [0, 0.1) is 0 Å². The maximum atomic E-state index is 5.07. The van der Waals surface area contributed by atoms with Crippen LogP contribution >= 0.6 is 0 Å². The number of fused-ring (bicyclic) bond motifs is 6. The lowest BCUT2D eigenvalue weighted by Crippen LogP contribution is -1.95. The molecule has 7 aromatic carbocycles. The summed E-state index contributed by atoms with van der Waals surface area (Å²) in [4.78, 5) is 5.07. The number of nitrogens with zero attached hydrogens (tertiary/aromatic N) is 3. The molecule has 0 bridgehead atoms. The van der Waals surface area contributed by atoms with Crippen molar-refractivity contribution in [3.8, 4) is 45.0 Å². The molecule has 10 rings (SSSR count). The molecule has 3 nitrogen and oxygen atoms in total. The molecular weight excluding hydrogens is 607 g/mol. The van der Waals surface area contributed by atoms with Crippen LogP contribution in [0.4, 0.5) is 0 Å². The van der Waals surface area contributed by atoms with Gasteiger partial charge in [0, 0.05) is 44.0 Å². The summed E-state index contributed by atoms with van der Waals surface area (Å²) in [6.07, 6.45) is 0. The van der Waals surface area contributed by atoms with Gasteiger partial charge in [-0.1, -0.05) is 121 Å². The summed E-state index contributed by atoms with van der Waals surface area (Å²) in [6, 6.07) is 67.3. The van der Waals surface area contributed by atoms with Gasteiger partial charge in [0.2, 0.25) is 0 Å². The van der Waals surface area contributed by atoms with Crippen molar-refractivity contribution in [2.45, 2.75) is 0 Å². The van der Waals surface area contributed by atoms with Gasteiger partial charge in [-0.05, 0) is 77.9 Å². The zero-order valence-electron chi connectivity index (χ0n) is 27.2. The molecule has 0 fully saturated rings. The molecule has 3 aromatic heterocycles. The van der Waals surface area contributed by atoms with Crippen molar-refractivity contribution in [3.63, 3.8) is 0 Å². The number of hydrogen-bond donors (Lipinski definition) is 0. The van der Waals surface area contributed by atoms with Gasteiger partial charge in [0.15, 0.2) is 0 Å². The predicted molar refractivity (Wildman–Crippen MR) is 209 cm³/mol. The number of hydrogen-bond acceptors (Lipinski definition) is 1. The monoisotopic (exact) mass is 637 g/mol. The van der Waals surface area contributed by atoms with Crippen molar-refractivity contribution in [2.24, 2.45) is 0 Å². The Labute approximate surface area is 290 Å². The van der Waals surface area contributed by atoms with Crippen LogP contribution in [-0.2, 0) is 0 Å². The summed E-state index contributed by atoms with van der Waals surface area (Å²) in [5.74, 6) is 0. The molecule has 0 aliphatic heterocycles. The van der Waals surface area contributed by atoms with Crippen molar-refractivity contribution in [1.82, 2.24) is 14.1 Å². The maximum absolute atomic E-state index is 5.07. The van der Waals surface area contributed by atoms with E-state index in [-0.39, 0.29) is 0 Å². The Morgan fingerprint density at radius 3 is 1.58 bits per heavy atom. The molecule has 0 saturated heterocycles. The minimum atomic E-state index is 0.956. The number of pyridine rings is 1. The van der Waals surface area contributed by atoms with Gasteiger partial charge in [0.05, 0.1) is 33.5 Å². The van der Waals surface area contributed by atoms with Gasteiger partial charge < -0.3 is 9.13 Å².